The number of unbranched alkanes of at least 4 members (excludes halogenated alkanes) is 30. The number of nitrogens with two attached hydrogens (primary N) is 1. The van der Waals surface area contributed by atoms with Crippen molar-refractivity contribution in [2.45, 2.75) is 239 Å². The Morgan fingerprint density at radius 2 is 0.571 bits per heavy atom. The van der Waals surface area contributed by atoms with Crippen LogP contribution in [0.25, 0.3) is 0 Å². The Hall–Kier alpha value is -0.790. The van der Waals surface area contributed by atoms with Crippen LogP contribution in [0.4, 0.5) is 0 Å². The summed E-state index contributed by atoms with van der Waals surface area (Å²) in [5.41, 5.74) is 5.13. The summed E-state index contributed by atoms with van der Waals surface area (Å²) in [6.07, 6.45) is 51.2. The van der Waals surface area contributed by atoms with Gasteiger partial charge in [-0.25, -0.2) is 0 Å². The molecule has 0 aliphatic heterocycles. The summed E-state index contributed by atoms with van der Waals surface area (Å²) >= 11 is 0. The highest BCUT2D eigenvalue weighted by molar-refractivity contribution is 5.73. The van der Waals surface area contributed by atoms with E-state index in [0.29, 0.717) is 6.42 Å². The van der Waals surface area contributed by atoms with Crippen molar-refractivity contribution in [1.82, 2.24) is 0 Å². The van der Waals surface area contributed by atoms with E-state index in [0.717, 1.165) is 12.8 Å². The van der Waals surface area contributed by atoms with Crippen LogP contribution in [-0.4, -0.2) is 5.91 Å². The lowest BCUT2D eigenvalue weighted by Crippen LogP contribution is -2.09. The molecule has 0 aliphatic rings. The average Bonchev–Trinajstić information content (AvgIpc) is 2.98. The van der Waals surface area contributed by atoms with Crippen molar-refractivity contribution in [2.75, 3.05) is 0 Å². The first-order valence-electron chi connectivity index (χ1n) is 19.6. The number of carbonyl (C=O) groups is 1. The second-order valence-electron chi connectivity index (χ2n) is 13.2. The summed E-state index contributed by atoms with van der Waals surface area (Å²) in [5.74, 6) is -0.156. The zero-order valence-electron chi connectivity index (χ0n) is 29.7. The minimum absolute atomic E-state index is 0.156. The second kappa shape index (κ2) is 42.3. The van der Waals surface area contributed by atoms with Crippen LogP contribution in [-0.2, 0) is 4.79 Å². The Kier molecular flexibility index (Phi) is 43.7. The third-order valence-corrected chi connectivity index (χ3v) is 8.64. The maximum absolute atomic E-state index is 10.6. The summed E-state index contributed by atoms with van der Waals surface area (Å²) in [6.45, 7) is 6.86. The fourth-order valence-corrected chi connectivity index (χ4v) is 5.70. The molecule has 0 rings (SSSR count). The molecular weight excluding hydrogens is 510 g/mol. The molecule has 0 aromatic carbocycles. The topological polar surface area (TPSA) is 43.1 Å². The molecule has 0 atom stereocenters. The maximum atomic E-state index is 10.6. The molecule has 0 radical (unpaired) electrons. The Bertz CT molecular complexity index is 484. The summed E-state index contributed by atoms with van der Waals surface area (Å²) in [4.78, 5) is 10.6. The van der Waals surface area contributed by atoms with Crippen LogP contribution in [0.5, 0.6) is 0 Å². The SMILES string of the molecule is CCCCCCCC/C=C\CCCCCCCCCCCC(N)=O.CCCCCCCCCCCCCCCCCC. The molecular formula is C40H81NO. The van der Waals surface area contributed by atoms with E-state index < -0.39 is 0 Å². The van der Waals surface area contributed by atoms with Gasteiger partial charge < -0.3 is 5.73 Å². The lowest BCUT2D eigenvalue weighted by molar-refractivity contribution is -0.118. The highest BCUT2D eigenvalue weighted by Gasteiger charge is 1.96. The van der Waals surface area contributed by atoms with Gasteiger partial charge in [0.05, 0.1) is 0 Å². The Morgan fingerprint density at radius 3 is 0.810 bits per heavy atom. The number of hydrogen-bond donors (Lipinski definition) is 1. The van der Waals surface area contributed by atoms with E-state index in [-0.39, 0.29) is 5.91 Å². The van der Waals surface area contributed by atoms with E-state index >= 15 is 0 Å². The number of hydrogen-bond acceptors (Lipinski definition) is 1. The monoisotopic (exact) mass is 592 g/mol. The molecule has 0 aromatic rings. The average molecular weight is 592 g/mol. The lowest BCUT2D eigenvalue weighted by atomic mass is 10.0. The van der Waals surface area contributed by atoms with Crippen LogP contribution in [0.2, 0.25) is 0 Å². The molecule has 2 nitrogen and oxygen atoms in total. The van der Waals surface area contributed by atoms with Crippen LogP contribution in [0.15, 0.2) is 12.2 Å². The quantitative estimate of drug-likeness (QED) is 0.0587. The predicted molar refractivity (Wildman–Crippen MR) is 192 cm³/mol. The van der Waals surface area contributed by atoms with Gasteiger partial charge in [0.1, 0.15) is 0 Å². The van der Waals surface area contributed by atoms with Gasteiger partial charge in [-0.2, -0.15) is 0 Å². The van der Waals surface area contributed by atoms with Gasteiger partial charge >= 0.3 is 0 Å². The second-order valence-corrected chi connectivity index (χ2v) is 13.2. The molecule has 0 heterocycles. The Balaban J connectivity index is 0. The Labute approximate surface area is 267 Å². The zero-order valence-corrected chi connectivity index (χ0v) is 29.7. The standard InChI is InChI=1S/C22H43NO.C18H38/c1-2-3-4-5-6-7-8-9-10-11-12-13-14-15-16-17-18-19-20-21-22(23)24;1-3-5-7-9-11-13-15-17-18-16-14-12-10-8-6-4-2/h9-10H,2-8,11-21H2,1H3,(H2,23,24);3-18H2,1-2H3/b10-9-;. The van der Waals surface area contributed by atoms with Crippen LogP contribution >= 0.6 is 0 Å². The van der Waals surface area contributed by atoms with Crippen LogP contribution in [0.1, 0.15) is 239 Å². The summed E-state index contributed by atoms with van der Waals surface area (Å²) in [6, 6.07) is 0. The van der Waals surface area contributed by atoms with Crippen molar-refractivity contribution in [3.05, 3.63) is 12.2 Å². The molecule has 2 heteroatoms. The molecule has 0 spiro atoms. The fourth-order valence-electron chi connectivity index (χ4n) is 5.70. The molecule has 0 unspecified atom stereocenters. The van der Waals surface area contributed by atoms with Gasteiger partial charge in [0.2, 0.25) is 5.91 Å². The fraction of sp³-hybridized carbons (Fsp3) is 0.925. The molecule has 0 aromatic heterocycles. The molecule has 0 bridgehead atoms. The normalized spacial score (nSPS) is 11.2. The number of allylic oxidation sites excluding steroid dienone is 2. The molecule has 252 valence electrons. The smallest absolute Gasteiger partial charge is 0.217 e. The summed E-state index contributed by atoms with van der Waals surface area (Å²) in [5, 5.41) is 0. The van der Waals surface area contributed by atoms with Crippen molar-refractivity contribution in [3.63, 3.8) is 0 Å². The predicted octanol–water partition coefficient (Wildman–Crippen LogP) is 14.3. The largest absolute Gasteiger partial charge is 0.370 e. The van der Waals surface area contributed by atoms with Gasteiger partial charge in [0.15, 0.2) is 0 Å². The van der Waals surface area contributed by atoms with Gasteiger partial charge in [-0.05, 0) is 32.1 Å². The van der Waals surface area contributed by atoms with E-state index in [1.807, 2.05) is 0 Å². The number of primary amides is 1. The third kappa shape index (κ3) is 46.2. The van der Waals surface area contributed by atoms with Gasteiger partial charge in [-0.3, -0.25) is 4.79 Å². The first kappa shape index (κ1) is 43.3. The molecule has 1 amide bonds. The van der Waals surface area contributed by atoms with Crippen molar-refractivity contribution >= 4 is 5.91 Å². The number of amides is 1. The molecule has 0 saturated heterocycles. The number of carbonyl (C=O) groups excluding carboxylic acids is 1. The summed E-state index contributed by atoms with van der Waals surface area (Å²) in [7, 11) is 0. The minimum atomic E-state index is -0.156. The molecule has 0 fully saturated rings. The first-order valence-corrected chi connectivity index (χ1v) is 19.6. The van der Waals surface area contributed by atoms with Crippen molar-refractivity contribution in [3.8, 4) is 0 Å². The third-order valence-electron chi connectivity index (χ3n) is 8.64. The van der Waals surface area contributed by atoms with Gasteiger partial charge in [-0.1, -0.05) is 213 Å². The maximum Gasteiger partial charge on any atom is 0.217 e. The van der Waals surface area contributed by atoms with Crippen LogP contribution < -0.4 is 5.73 Å². The Morgan fingerprint density at radius 1 is 0.357 bits per heavy atom. The van der Waals surface area contributed by atoms with E-state index in [9.17, 15) is 4.79 Å². The van der Waals surface area contributed by atoms with E-state index in [1.54, 1.807) is 0 Å². The molecule has 0 saturated carbocycles. The molecule has 0 aliphatic carbocycles. The minimum Gasteiger partial charge on any atom is -0.370 e. The van der Waals surface area contributed by atoms with Crippen LogP contribution in [0.3, 0.4) is 0 Å². The highest BCUT2D eigenvalue weighted by atomic mass is 16.1. The van der Waals surface area contributed by atoms with Gasteiger partial charge in [0.25, 0.3) is 0 Å². The van der Waals surface area contributed by atoms with E-state index in [1.165, 1.54) is 199 Å². The van der Waals surface area contributed by atoms with Crippen molar-refractivity contribution in [2.24, 2.45) is 5.73 Å². The van der Waals surface area contributed by atoms with E-state index in [2.05, 4.69) is 32.9 Å². The first-order chi connectivity index (χ1) is 20.7. The highest BCUT2D eigenvalue weighted by Crippen LogP contribution is 2.14. The lowest BCUT2D eigenvalue weighted by Gasteiger charge is -2.03. The van der Waals surface area contributed by atoms with Crippen molar-refractivity contribution in [1.29, 1.82) is 0 Å². The summed E-state index contributed by atoms with van der Waals surface area (Å²) < 4.78 is 0. The van der Waals surface area contributed by atoms with Gasteiger partial charge in [-0.15, -0.1) is 0 Å². The number of rotatable bonds is 34. The van der Waals surface area contributed by atoms with Gasteiger partial charge in [0, 0.05) is 6.42 Å². The zero-order chi connectivity index (χ0) is 31.0. The molecule has 42 heavy (non-hydrogen) atoms. The van der Waals surface area contributed by atoms with Crippen molar-refractivity contribution < 1.29 is 4.79 Å². The molecule has 2 N–H and O–H groups in total. The van der Waals surface area contributed by atoms with E-state index in [4.69, 9.17) is 5.73 Å². The van der Waals surface area contributed by atoms with Crippen LogP contribution in [0, 0.1) is 0 Å².